The summed E-state index contributed by atoms with van der Waals surface area (Å²) in [5.74, 6) is 0.731. The van der Waals surface area contributed by atoms with Crippen molar-refractivity contribution in [1.29, 1.82) is 0 Å². The van der Waals surface area contributed by atoms with Crippen molar-refractivity contribution in [2.24, 2.45) is 5.92 Å². The Bertz CT molecular complexity index is 203. The second kappa shape index (κ2) is 3.40. The molecule has 2 heteroatoms. The summed E-state index contributed by atoms with van der Waals surface area (Å²) < 4.78 is 0.899. The zero-order valence-corrected chi connectivity index (χ0v) is 7.80. The normalized spacial score (nSPS) is 10.8. The predicted octanol–water partition coefficient (Wildman–Crippen LogP) is 3.60. The highest BCUT2D eigenvalue weighted by Crippen LogP contribution is 2.23. The fourth-order valence-electron chi connectivity index (χ4n) is 0.864. The van der Waals surface area contributed by atoms with Crippen molar-refractivity contribution in [1.82, 2.24) is 0 Å². The maximum absolute atomic E-state index is 5.76. The van der Waals surface area contributed by atoms with Gasteiger partial charge in [0.25, 0.3) is 0 Å². The molecule has 0 saturated heterocycles. The number of hydrogen-bond donors (Lipinski definition) is 0. The first-order chi connectivity index (χ1) is 4.68. The summed E-state index contributed by atoms with van der Waals surface area (Å²) in [5.41, 5.74) is 0. The minimum atomic E-state index is 0.731. The van der Waals surface area contributed by atoms with Crippen LogP contribution in [0.2, 0.25) is 4.34 Å². The lowest BCUT2D eigenvalue weighted by Gasteiger charge is -1.98. The quantitative estimate of drug-likeness (QED) is 0.643. The van der Waals surface area contributed by atoms with Crippen molar-refractivity contribution >= 4 is 22.9 Å². The lowest BCUT2D eigenvalue weighted by atomic mass is 10.1. The molecule has 0 unspecified atom stereocenters. The van der Waals surface area contributed by atoms with Gasteiger partial charge in [0.05, 0.1) is 4.34 Å². The minimum Gasteiger partial charge on any atom is -0.128 e. The highest BCUT2D eigenvalue weighted by molar-refractivity contribution is 7.16. The molecule has 1 aromatic heterocycles. The van der Waals surface area contributed by atoms with Gasteiger partial charge in [0.1, 0.15) is 0 Å². The monoisotopic (exact) mass is 174 g/mol. The number of hydrogen-bond acceptors (Lipinski definition) is 1. The largest absolute Gasteiger partial charge is 0.128 e. The van der Waals surface area contributed by atoms with Gasteiger partial charge in [0, 0.05) is 4.88 Å². The Labute approximate surface area is 70.8 Å². The van der Waals surface area contributed by atoms with Crippen molar-refractivity contribution in [3.8, 4) is 0 Å². The van der Waals surface area contributed by atoms with Gasteiger partial charge >= 0.3 is 0 Å². The van der Waals surface area contributed by atoms with Gasteiger partial charge < -0.3 is 0 Å². The summed E-state index contributed by atoms with van der Waals surface area (Å²) in [7, 11) is 0. The highest BCUT2D eigenvalue weighted by Gasteiger charge is 1.99. The molecule has 0 amide bonds. The molecular formula is C8H11ClS. The third-order valence-corrected chi connectivity index (χ3v) is 2.49. The van der Waals surface area contributed by atoms with Crippen molar-refractivity contribution in [3.05, 3.63) is 21.3 Å². The third-order valence-electron chi connectivity index (χ3n) is 1.24. The summed E-state index contributed by atoms with van der Waals surface area (Å²) in [5, 5.41) is 0. The molecule has 0 radical (unpaired) electrons. The third kappa shape index (κ3) is 2.31. The van der Waals surface area contributed by atoms with E-state index in [1.165, 1.54) is 4.88 Å². The van der Waals surface area contributed by atoms with E-state index < -0.39 is 0 Å². The van der Waals surface area contributed by atoms with Gasteiger partial charge in [0.15, 0.2) is 0 Å². The average molecular weight is 175 g/mol. The Kier molecular flexibility index (Phi) is 2.75. The van der Waals surface area contributed by atoms with E-state index in [4.69, 9.17) is 11.6 Å². The standard InChI is InChI=1S/C8H11ClS/c1-6(2)5-7-3-4-8(9)10-7/h3-4,6H,5H2,1-2H3. The van der Waals surface area contributed by atoms with Crippen LogP contribution in [0.5, 0.6) is 0 Å². The van der Waals surface area contributed by atoms with E-state index >= 15 is 0 Å². The Balaban J connectivity index is 2.58. The molecule has 10 heavy (non-hydrogen) atoms. The molecule has 1 rings (SSSR count). The van der Waals surface area contributed by atoms with E-state index in [0.29, 0.717) is 0 Å². The molecular weight excluding hydrogens is 164 g/mol. The molecule has 0 aliphatic carbocycles. The molecule has 0 saturated carbocycles. The van der Waals surface area contributed by atoms with Crippen LogP contribution in [0.15, 0.2) is 12.1 Å². The van der Waals surface area contributed by atoms with Crippen LogP contribution >= 0.6 is 22.9 Å². The van der Waals surface area contributed by atoms with Crippen LogP contribution in [0.3, 0.4) is 0 Å². The van der Waals surface area contributed by atoms with Crippen LogP contribution in [-0.2, 0) is 6.42 Å². The van der Waals surface area contributed by atoms with E-state index in [2.05, 4.69) is 19.9 Å². The second-order valence-electron chi connectivity index (χ2n) is 2.80. The first kappa shape index (κ1) is 8.09. The molecule has 0 spiro atoms. The molecule has 0 N–H and O–H groups in total. The van der Waals surface area contributed by atoms with E-state index in [1.54, 1.807) is 11.3 Å². The molecule has 0 aromatic carbocycles. The maximum atomic E-state index is 5.76. The Morgan fingerprint density at radius 3 is 2.60 bits per heavy atom. The van der Waals surface area contributed by atoms with E-state index in [-0.39, 0.29) is 0 Å². The Morgan fingerprint density at radius 1 is 1.50 bits per heavy atom. The van der Waals surface area contributed by atoms with E-state index in [0.717, 1.165) is 16.7 Å². The number of rotatable bonds is 2. The Morgan fingerprint density at radius 2 is 2.20 bits per heavy atom. The van der Waals surface area contributed by atoms with Crippen molar-refractivity contribution in [2.75, 3.05) is 0 Å². The summed E-state index contributed by atoms with van der Waals surface area (Å²) in [6.45, 7) is 4.43. The first-order valence-corrected chi connectivity index (χ1v) is 4.62. The van der Waals surface area contributed by atoms with Crippen LogP contribution in [0.4, 0.5) is 0 Å². The van der Waals surface area contributed by atoms with Crippen LogP contribution in [0, 0.1) is 5.92 Å². The molecule has 0 bridgehead atoms. The lowest BCUT2D eigenvalue weighted by molar-refractivity contribution is 0.654. The van der Waals surface area contributed by atoms with Crippen LogP contribution in [-0.4, -0.2) is 0 Å². The molecule has 0 nitrogen and oxygen atoms in total. The highest BCUT2D eigenvalue weighted by atomic mass is 35.5. The summed E-state index contributed by atoms with van der Waals surface area (Å²) in [6.07, 6.45) is 1.15. The van der Waals surface area contributed by atoms with Crippen molar-refractivity contribution in [3.63, 3.8) is 0 Å². The van der Waals surface area contributed by atoms with Crippen LogP contribution < -0.4 is 0 Å². The summed E-state index contributed by atoms with van der Waals surface area (Å²) in [6, 6.07) is 4.07. The van der Waals surface area contributed by atoms with Gasteiger partial charge in [-0.3, -0.25) is 0 Å². The van der Waals surface area contributed by atoms with E-state index in [1.807, 2.05) is 6.07 Å². The molecule has 1 aromatic rings. The molecule has 1 heterocycles. The first-order valence-electron chi connectivity index (χ1n) is 3.42. The lowest BCUT2D eigenvalue weighted by Crippen LogP contribution is -1.89. The Hall–Kier alpha value is -0.0100. The molecule has 0 aliphatic heterocycles. The smallest absolute Gasteiger partial charge is 0.0931 e. The topological polar surface area (TPSA) is 0 Å². The van der Waals surface area contributed by atoms with Crippen LogP contribution in [0.1, 0.15) is 18.7 Å². The van der Waals surface area contributed by atoms with E-state index in [9.17, 15) is 0 Å². The van der Waals surface area contributed by atoms with Gasteiger partial charge in [-0.25, -0.2) is 0 Å². The van der Waals surface area contributed by atoms with Crippen molar-refractivity contribution in [2.45, 2.75) is 20.3 Å². The van der Waals surface area contributed by atoms with Gasteiger partial charge in [-0.15, -0.1) is 11.3 Å². The zero-order chi connectivity index (χ0) is 7.56. The molecule has 56 valence electrons. The van der Waals surface area contributed by atoms with Gasteiger partial charge in [-0.1, -0.05) is 25.4 Å². The molecule has 0 aliphatic rings. The number of halogens is 1. The molecule has 0 fully saturated rings. The zero-order valence-electron chi connectivity index (χ0n) is 6.23. The SMILES string of the molecule is CC(C)Cc1ccc(Cl)s1. The van der Waals surface area contributed by atoms with Gasteiger partial charge in [-0.05, 0) is 24.5 Å². The predicted molar refractivity (Wildman–Crippen MR) is 47.9 cm³/mol. The fourth-order valence-corrected chi connectivity index (χ4v) is 2.16. The summed E-state index contributed by atoms with van der Waals surface area (Å²) >= 11 is 7.44. The van der Waals surface area contributed by atoms with Crippen LogP contribution in [0.25, 0.3) is 0 Å². The van der Waals surface area contributed by atoms with Gasteiger partial charge in [0.2, 0.25) is 0 Å². The second-order valence-corrected chi connectivity index (χ2v) is 4.60. The maximum Gasteiger partial charge on any atom is 0.0931 e. The minimum absolute atomic E-state index is 0.731. The van der Waals surface area contributed by atoms with Crippen molar-refractivity contribution < 1.29 is 0 Å². The summed E-state index contributed by atoms with van der Waals surface area (Å²) in [4.78, 5) is 1.39. The average Bonchev–Trinajstić information content (AvgIpc) is 2.13. The van der Waals surface area contributed by atoms with Gasteiger partial charge in [-0.2, -0.15) is 0 Å². The fraction of sp³-hybridized carbons (Fsp3) is 0.500. The number of thiophene rings is 1. The molecule has 0 atom stereocenters.